The number of carbonyl (C=O) groups excluding carboxylic acids is 1. The summed E-state index contributed by atoms with van der Waals surface area (Å²) in [7, 11) is 0. The van der Waals surface area contributed by atoms with Crippen LogP contribution in [0.3, 0.4) is 0 Å². The third-order valence-electron chi connectivity index (χ3n) is 2.16. The molecule has 0 saturated carbocycles. The van der Waals surface area contributed by atoms with Crippen molar-refractivity contribution in [3.8, 4) is 11.8 Å². The number of imidazole rings is 1. The van der Waals surface area contributed by atoms with E-state index in [2.05, 4.69) is 22.1 Å². The van der Waals surface area contributed by atoms with Gasteiger partial charge in [-0.1, -0.05) is 12.0 Å². The zero-order valence-electron chi connectivity index (χ0n) is 8.90. The van der Waals surface area contributed by atoms with Crippen molar-refractivity contribution in [2.75, 3.05) is 0 Å². The second kappa shape index (κ2) is 4.49. The number of hydrogen-bond acceptors (Lipinski definition) is 2. The van der Waals surface area contributed by atoms with Crippen molar-refractivity contribution in [1.82, 2.24) is 14.7 Å². The van der Waals surface area contributed by atoms with Gasteiger partial charge in [-0.25, -0.2) is 4.98 Å². The van der Waals surface area contributed by atoms with Gasteiger partial charge in [-0.05, 0) is 24.5 Å². The summed E-state index contributed by atoms with van der Waals surface area (Å²) in [6.45, 7) is 2.11. The standard InChI is InChI=1S/C12H11N3O/c1-2-3-12(16)14-6-10-4-5-11-7-13-9-15(11)8-10/h4-5,7-9H,6H2,1H3,(H,14,16). The summed E-state index contributed by atoms with van der Waals surface area (Å²) in [5.41, 5.74) is 2.04. The van der Waals surface area contributed by atoms with Crippen molar-refractivity contribution in [1.29, 1.82) is 0 Å². The topological polar surface area (TPSA) is 46.4 Å². The molecule has 16 heavy (non-hydrogen) atoms. The maximum absolute atomic E-state index is 11.1. The summed E-state index contributed by atoms with van der Waals surface area (Å²) in [6, 6.07) is 3.91. The summed E-state index contributed by atoms with van der Waals surface area (Å²) in [5, 5.41) is 2.71. The molecule has 0 spiro atoms. The van der Waals surface area contributed by atoms with Gasteiger partial charge in [0.1, 0.15) is 0 Å². The Morgan fingerprint density at radius 1 is 1.56 bits per heavy atom. The molecule has 0 bridgehead atoms. The lowest BCUT2D eigenvalue weighted by atomic mass is 10.2. The van der Waals surface area contributed by atoms with Crippen LogP contribution in [0.4, 0.5) is 0 Å². The molecule has 2 heterocycles. The molecule has 0 aliphatic carbocycles. The van der Waals surface area contributed by atoms with Crippen molar-refractivity contribution in [2.45, 2.75) is 13.5 Å². The first-order valence-corrected chi connectivity index (χ1v) is 4.91. The first-order chi connectivity index (χ1) is 7.79. The Morgan fingerprint density at radius 2 is 2.44 bits per heavy atom. The van der Waals surface area contributed by atoms with Gasteiger partial charge in [0, 0.05) is 12.7 Å². The Bertz CT molecular complexity index is 574. The fourth-order valence-electron chi connectivity index (χ4n) is 1.41. The minimum Gasteiger partial charge on any atom is -0.341 e. The van der Waals surface area contributed by atoms with Crippen LogP contribution in [-0.4, -0.2) is 15.3 Å². The number of rotatable bonds is 2. The quantitative estimate of drug-likeness (QED) is 0.756. The number of nitrogens with zero attached hydrogens (tertiary/aromatic N) is 2. The Hall–Kier alpha value is -2.28. The predicted octanol–water partition coefficient (Wildman–Crippen LogP) is 0.974. The van der Waals surface area contributed by atoms with E-state index < -0.39 is 0 Å². The number of hydrogen-bond donors (Lipinski definition) is 1. The van der Waals surface area contributed by atoms with Gasteiger partial charge < -0.3 is 9.72 Å². The van der Waals surface area contributed by atoms with Crippen LogP contribution in [0.15, 0.2) is 30.9 Å². The summed E-state index contributed by atoms with van der Waals surface area (Å²) < 4.78 is 1.91. The van der Waals surface area contributed by atoms with Crippen molar-refractivity contribution >= 4 is 11.4 Å². The maximum atomic E-state index is 11.1. The summed E-state index contributed by atoms with van der Waals surface area (Å²) >= 11 is 0. The first kappa shape index (κ1) is 10.2. The van der Waals surface area contributed by atoms with Crippen LogP contribution in [0.2, 0.25) is 0 Å². The van der Waals surface area contributed by atoms with E-state index in [0.717, 1.165) is 11.1 Å². The number of carbonyl (C=O) groups is 1. The van der Waals surface area contributed by atoms with Crippen LogP contribution < -0.4 is 5.32 Å². The lowest BCUT2D eigenvalue weighted by molar-refractivity contribution is -0.115. The van der Waals surface area contributed by atoms with Gasteiger partial charge in [0.2, 0.25) is 0 Å². The molecule has 1 N–H and O–H groups in total. The smallest absolute Gasteiger partial charge is 0.296 e. The van der Waals surface area contributed by atoms with E-state index in [4.69, 9.17) is 0 Å². The van der Waals surface area contributed by atoms with Gasteiger partial charge in [-0.2, -0.15) is 0 Å². The molecule has 0 atom stereocenters. The minimum absolute atomic E-state index is 0.256. The van der Waals surface area contributed by atoms with Crippen molar-refractivity contribution < 1.29 is 4.79 Å². The molecular weight excluding hydrogens is 202 g/mol. The minimum atomic E-state index is -0.256. The highest BCUT2D eigenvalue weighted by Gasteiger charge is 1.98. The molecule has 4 nitrogen and oxygen atoms in total. The first-order valence-electron chi connectivity index (χ1n) is 4.91. The SMILES string of the molecule is CC#CC(=O)NCc1ccc2cncn2c1. The van der Waals surface area contributed by atoms with Crippen LogP contribution in [0, 0.1) is 11.8 Å². The number of amides is 1. The zero-order valence-corrected chi connectivity index (χ0v) is 8.90. The van der Waals surface area contributed by atoms with Gasteiger partial charge in [-0.15, -0.1) is 0 Å². The summed E-state index contributed by atoms with van der Waals surface area (Å²) in [5.74, 6) is 4.72. The number of nitrogens with one attached hydrogen (secondary N) is 1. The molecule has 2 aromatic rings. The Labute approximate surface area is 93.3 Å². The van der Waals surface area contributed by atoms with Gasteiger partial charge in [0.05, 0.1) is 18.0 Å². The van der Waals surface area contributed by atoms with Crippen LogP contribution in [0.25, 0.3) is 5.52 Å². The molecule has 2 rings (SSSR count). The van der Waals surface area contributed by atoms with Gasteiger partial charge >= 0.3 is 0 Å². The van der Waals surface area contributed by atoms with Crippen molar-refractivity contribution in [2.24, 2.45) is 0 Å². The van der Waals surface area contributed by atoms with Crippen LogP contribution in [0.5, 0.6) is 0 Å². The largest absolute Gasteiger partial charge is 0.341 e. The molecule has 4 heteroatoms. The van der Waals surface area contributed by atoms with E-state index in [0.29, 0.717) is 6.54 Å². The molecule has 0 aliphatic heterocycles. The molecule has 1 amide bonds. The highest BCUT2D eigenvalue weighted by molar-refractivity contribution is 5.93. The van der Waals surface area contributed by atoms with E-state index in [1.54, 1.807) is 19.4 Å². The van der Waals surface area contributed by atoms with E-state index in [9.17, 15) is 4.79 Å². The van der Waals surface area contributed by atoms with Crippen molar-refractivity contribution in [3.05, 3.63) is 36.4 Å². The fourth-order valence-corrected chi connectivity index (χ4v) is 1.41. The summed E-state index contributed by atoms with van der Waals surface area (Å²) in [4.78, 5) is 15.1. The normalized spacial score (nSPS) is 9.56. The highest BCUT2D eigenvalue weighted by Crippen LogP contribution is 2.05. The Balaban J connectivity index is 2.08. The number of aromatic nitrogens is 2. The molecular formula is C12H11N3O. The van der Waals surface area contributed by atoms with E-state index in [1.165, 1.54) is 0 Å². The molecule has 0 aromatic carbocycles. The molecule has 0 aliphatic rings. The highest BCUT2D eigenvalue weighted by atomic mass is 16.1. The van der Waals surface area contributed by atoms with Crippen molar-refractivity contribution in [3.63, 3.8) is 0 Å². The molecule has 0 radical (unpaired) electrons. The summed E-state index contributed by atoms with van der Waals surface area (Å²) in [6.07, 6.45) is 5.44. The van der Waals surface area contributed by atoms with E-state index >= 15 is 0 Å². The molecule has 0 saturated heterocycles. The zero-order chi connectivity index (χ0) is 11.4. The third-order valence-corrected chi connectivity index (χ3v) is 2.16. The van der Waals surface area contributed by atoms with Crippen LogP contribution in [-0.2, 0) is 11.3 Å². The molecule has 0 unspecified atom stereocenters. The molecule has 80 valence electrons. The monoisotopic (exact) mass is 213 g/mol. The number of pyridine rings is 1. The van der Waals surface area contributed by atoms with Gasteiger partial charge in [0.25, 0.3) is 5.91 Å². The van der Waals surface area contributed by atoms with Gasteiger partial charge in [-0.3, -0.25) is 4.79 Å². The fraction of sp³-hybridized carbons (Fsp3) is 0.167. The lowest BCUT2D eigenvalue weighted by Gasteiger charge is -2.02. The number of fused-ring (bicyclic) bond motifs is 1. The lowest BCUT2D eigenvalue weighted by Crippen LogP contribution is -2.20. The van der Waals surface area contributed by atoms with Crippen LogP contribution in [0.1, 0.15) is 12.5 Å². The maximum Gasteiger partial charge on any atom is 0.296 e. The van der Waals surface area contributed by atoms with Crippen LogP contribution >= 0.6 is 0 Å². The Kier molecular flexibility index (Phi) is 2.88. The molecule has 2 aromatic heterocycles. The predicted molar refractivity (Wildman–Crippen MR) is 60.5 cm³/mol. The average molecular weight is 213 g/mol. The van der Waals surface area contributed by atoms with E-state index in [1.807, 2.05) is 22.7 Å². The Morgan fingerprint density at radius 3 is 3.25 bits per heavy atom. The average Bonchev–Trinajstić information content (AvgIpc) is 2.74. The van der Waals surface area contributed by atoms with E-state index in [-0.39, 0.29) is 5.91 Å². The second-order valence-corrected chi connectivity index (χ2v) is 3.32. The molecule has 0 fully saturated rings. The third kappa shape index (κ3) is 2.20. The van der Waals surface area contributed by atoms with Gasteiger partial charge in [0.15, 0.2) is 0 Å². The second-order valence-electron chi connectivity index (χ2n) is 3.32.